The van der Waals surface area contributed by atoms with Gasteiger partial charge in [-0.2, -0.15) is 5.26 Å². The molecule has 0 aliphatic carbocycles. The Hall–Kier alpha value is -2.62. The van der Waals surface area contributed by atoms with Gasteiger partial charge in [-0.15, -0.1) is 0 Å². The quantitative estimate of drug-likeness (QED) is 0.924. The Labute approximate surface area is 154 Å². The Balaban J connectivity index is 2.54. The second-order valence-corrected chi connectivity index (χ2v) is 4.47. The van der Waals surface area contributed by atoms with Gasteiger partial charge in [0.2, 0.25) is 5.91 Å². The predicted molar refractivity (Wildman–Crippen MR) is 86.7 cm³/mol. The summed E-state index contributed by atoms with van der Waals surface area (Å²) in [5.74, 6) is -6.29. The second kappa shape index (κ2) is 6.24. The van der Waals surface area contributed by atoms with Crippen LogP contribution in [-0.4, -0.2) is 51.8 Å². The summed E-state index contributed by atoms with van der Waals surface area (Å²) in [6.07, 6.45) is -3.24. The minimum atomic E-state index is -3.95. The zero-order valence-electron chi connectivity index (χ0n) is 25.6. The molecule has 0 saturated carbocycles. The number of nitrogens with one attached hydrogen (secondary N) is 1. The van der Waals surface area contributed by atoms with Crippen LogP contribution in [0, 0.1) is 17.2 Å². The fraction of sp³-hybridized carbons (Fsp3) is 0.500. The number of carbonyl (C=O) groups is 1. The number of aromatic amines is 1. The molecule has 0 unspecified atom stereocenters. The Morgan fingerprint density at radius 1 is 1.78 bits per heavy atom. The van der Waals surface area contributed by atoms with Gasteiger partial charge < -0.3 is 14.8 Å². The average molecular weight is 326 g/mol. The molecule has 2 aromatic rings. The van der Waals surface area contributed by atoms with Crippen molar-refractivity contribution in [1.29, 1.82) is 5.26 Å². The molecule has 1 aliphatic heterocycles. The topological polar surface area (TPSA) is 88.9 Å². The molecule has 7 nitrogen and oxygen atoms in total. The van der Waals surface area contributed by atoms with E-state index in [0.717, 1.165) is 12.5 Å². The molecule has 0 aromatic carbocycles. The Bertz CT molecular complexity index is 1260. The summed E-state index contributed by atoms with van der Waals surface area (Å²) in [5, 5.41) is 8.63. The molecular formula is C16H20N6O. The molecule has 1 saturated heterocycles. The molecule has 23 heavy (non-hydrogen) atoms. The molecule has 2 atom stereocenters. The minimum absolute atomic E-state index is 0.00197. The number of carbonyl (C=O) groups excluding carboxylic acids is 1. The highest BCUT2D eigenvalue weighted by atomic mass is 16.2. The van der Waals surface area contributed by atoms with Crippen molar-refractivity contribution in [2.75, 3.05) is 24.9 Å². The number of fused-ring (bicyclic) bond motifs is 1. The molecule has 0 bridgehead atoms. The van der Waals surface area contributed by atoms with E-state index in [1.54, 1.807) is 0 Å². The number of likely N-dealkylation sites (N-methyl/N-ethyl adjacent to an activating group) is 1. The third kappa shape index (κ3) is 2.84. The van der Waals surface area contributed by atoms with Crippen molar-refractivity contribution in [2.24, 2.45) is 5.89 Å². The predicted octanol–water partition coefficient (Wildman–Crippen LogP) is 1.54. The highest BCUT2D eigenvalue weighted by molar-refractivity contribution is 5.87. The number of amides is 1. The summed E-state index contributed by atoms with van der Waals surface area (Å²) >= 11 is 0. The van der Waals surface area contributed by atoms with Crippen molar-refractivity contribution < 1.29 is 24.0 Å². The molecule has 1 aliphatic rings. The third-order valence-corrected chi connectivity index (χ3v) is 3.05. The van der Waals surface area contributed by atoms with E-state index in [9.17, 15) is 4.79 Å². The zero-order valence-corrected chi connectivity index (χ0v) is 11.6. The standard InChI is InChI=1S/C16H20N6O/c1-11-5-8-22(14(23)3-6-17)9-13(11)21(2)16-12-4-7-18-15(12)19-10-20-16/h4,7,10-11,13H,3,5,8-9H2,1-2H3,(H,18,19,20)/t11-,13+/m1/s1/i1D3,2D3,4D,5D2,8D2,9D2,11D. The Kier molecular flexibility index (Phi) is 1.57. The molecule has 0 radical (unpaired) electrons. The number of nitrogens with zero attached hydrogens (tertiary/aromatic N) is 5. The fourth-order valence-electron chi connectivity index (χ4n) is 1.97. The molecule has 120 valence electrons. The molecule has 1 fully saturated rings. The molecule has 2 aromatic heterocycles. The lowest BCUT2D eigenvalue weighted by atomic mass is 9.92. The highest BCUT2D eigenvalue weighted by Crippen LogP contribution is 2.28. The molecule has 7 heteroatoms. The van der Waals surface area contributed by atoms with Crippen molar-refractivity contribution in [2.45, 2.75) is 25.7 Å². The van der Waals surface area contributed by atoms with E-state index < -0.39 is 69.3 Å². The molecule has 0 spiro atoms. The van der Waals surface area contributed by atoms with Gasteiger partial charge in [0.25, 0.3) is 0 Å². The van der Waals surface area contributed by atoms with Crippen molar-refractivity contribution in [1.82, 2.24) is 19.9 Å². The number of piperidine rings is 1. The lowest BCUT2D eigenvalue weighted by Crippen LogP contribution is -2.52. The fourth-order valence-corrected chi connectivity index (χ4v) is 1.97. The van der Waals surface area contributed by atoms with Crippen LogP contribution in [0.4, 0.5) is 5.82 Å². The van der Waals surface area contributed by atoms with Crippen LogP contribution in [0.2, 0.25) is 0 Å². The lowest BCUT2D eigenvalue weighted by Gasteiger charge is -2.42. The summed E-state index contributed by atoms with van der Waals surface area (Å²) < 4.78 is 116. The van der Waals surface area contributed by atoms with Gasteiger partial charge in [0.1, 0.15) is 24.2 Å². The van der Waals surface area contributed by atoms with Crippen LogP contribution >= 0.6 is 0 Å². The second-order valence-electron chi connectivity index (χ2n) is 4.47. The van der Waals surface area contributed by atoms with E-state index in [1.807, 2.05) is 0 Å². The van der Waals surface area contributed by atoms with Crippen LogP contribution in [0.25, 0.3) is 11.0 Å². The van der Waals surface area contributed by atoms with Gasteiger partial charge in [0.15, 0.2) is 0 Å². The van der Waals surface area contributed by atoms with E-state index in [-0.39, 0.29) is 20.8 Å². The van der Waals surface area contributed by atoms with Gasteiger partial charge >= 0.3 is 0 Å². The summed E-state index contributed by atoms with van der Waals surface area (Å²) in [6, 6.07) is -2.01. The minimum Gasteiger partial charge on any atom is -0.354 e. The first kappa shape index (κ1) is 5.78. The van der Waals surface area contributed by atoms with Crippen molar-refractivity contribution in [3.63, 3.8) is 0 Å². The maximum atomic E-state index is 12.8. The molecular weight excluding hydrogens is 292 g/mol. The number of rotatable bonds is 3. The van der Waals surface area contributed by atoms with Crippen LogP contribution in [-0.2, 0) is 4.79 Å². The normalized spacial score (nSPS) is 41.0. The number of H-pyrrole nitrogens is 1. The molecule has 3 rings (SSSR count). The van der Waals surface area contributed by atoms with Crippen molar-refractivity contribution in [3.8, 4) is 6.07 Å². The van der Waals surface area contributed by atoms with Gasteiger partial charge in [-0.05, 0) is 18.3 Å². The smallest absolute Gasteiger partial charge is 0.236 e. The maximum absolute atomic E-state index is 12.8. The van der Waals surface area contributed by atoms with Gasteiger partial charge in [-0.3, -0.25) is 4.79 Å². The number of aromatic nitrogens is 3. The summed E-state index contributed by atoms with van der Waals surface area (Å²) in [5.41, 5.74) is -0.124. The summed E-state index contributed by atoms with van der Waals surface area (Å²) in [6.45, 7) is -15.0. The van der Waals surface area contributed by atoms with E-state index in [2.05, 4.69) is 15.0 Å². The number of anilines is 1. The molecule has 1 amide bonds. The van der Waals surface area contributed by atoms with E-state index in [4.69, 9.17) is 24.5 Å². The lowest BCUT2D eigenvalue weighted by molar-refractivity contribution is -0.131. The van der Waals surface area contributed by atoms with Gasteiger partial charge in [-0.25, -0.2) is 9.97 Å². The van der Waals surface area contributed by atoms with Gasteiger partial charge in [0, 0.05) is 41.2 Å². The van der Waals surface area contributed by atoms with Crippen LogP contribution in [0.15, 0.2) is 18.6 Å². The third-order valence-electron chi connectivity index (χ3n) is 3.05. The molecule has 3 heterocycles. The first-order valence-electron chi connectivity index (χ1n) is 13.4. The van der Waals surface area contributed by atoms with Crippen molar-refractivity contribution in [3.05, 3.63) is 18.6 Å². The van der Waals surface area contributed by atoms with Crippen LogP contribution in [0.3, 0.4) is 0 Å². The van der Waals surface area contributed by atoms with Gasteiger partial charge in [-0.1, -0.05) is 6.85 Å². The van der Waals surface area contributed by atoms with Crippen LogP contribution in [0.1, 0.15) is 38.8 Å². The molecule has 1 N–H and O–H groups in total. The Morgan fingerprint density at radius 3 is 3.48 bits per heavy atom. The van der Waals surface area contributed by atoms with Gasteiger partial charge in [0.05, 0.1) is 21.6 Å². The summed E-state index contributed by atoms with van der Waals surface area (Å²) in [4.78, 5) is 22.6. The maximum Gasteiger partial charge on any atom is 0.236 e. The number of hydrogen-bond acceptors (Lipinski definition) is 5. The first-order chi connectivity index (χ1) is 16.6. The number of hydrogen-bond donors (Lipinski definition) is 1. The average Bonchev–Trinajstić information content (AvgIpc) is 3.09. The van der Waals surface area contributed by atoms with E-state index in [0.29, 0.717) is 0 Å². The Morgan fingerprint density at radius 2 is 2.70 bits per heavy atom. The van der Waals surface area contributed by atoms with E-state index >= 15 is 0 Å². The van der Waals surface area contributed by atoms with Crippen LogP contribution < -0.4 is 4.90 Å². The number of likely N-dealkylation sites (tertiary alicyclic amines) is 1. The summed E-state index contributed by atoms with van der Waals surface area (Å²) in [7, 11) is 0. The largest absolute Gasteiger partial charge is 0.354 e. The highest BCUT2D eigenvalue weighted by Gasteiger charge is 2.32. The van der Waals surface area contributed by atoms with Crippen molar-refractivity contribution >= 4 is 22.8 Å². The zero-order chi connectivity index (χ0) is 28.6. The first-order valence-corrected chi connectivity index (χ1v) is 6.38. The number of nitriles is 1. The SMILES string of the molecule is [2H]c1c[nH]c2ncnc(N([C@H]3C([2H])([2H])N(C(=O)CC#N)C([2H])([2H])C([2H])([2H])[C@@]3([2H])C([2H])([2H])[2H])C([2H])([2H])[2H])c12. The monoisotopic (exact) mass is 326 g/mol. The van der Waals surface area contributed by atoms with Crippen LogP contribution in [0.5, 0.6) is 0 Å². The van der Waals surface area contributed by atoms with E-state index in [1.165, 1.54) is 6.07 Å².